The van der Waals surface area contributed by atoms with Gasteiger partial charge in [0, 0.05) is 0 Å². The molecule has 2 N–H and O–H groups in total. The summed E-state index contributed by atoms with van der Waals surface area (Å²) in [7, 11) is 0. The van der Waals surface area contributed by atoms with E-state index in [9.17, 15) is 4.79 Å². The van der Waals surface area contributed by atoms with E-state index in [1.165, 1.54) is 10.6 Å². The second-order valence-corrected chi connectivity index (χ2v) is 2.88. The molecule has 0 saturated carbocycles. The highest BCUT2D eigenvalue weighted by molar-refractivity contribution is 9.10. The number of halogens is 1. The molecule has 0 saturated heterocycles. The molecule has 1 heterocycles. The van der Waals surface area contributed by atoms with Crippen LogP contribution in [0.1, 0.15) is 0 Å². The minimum Gasteiger partial charge on any atom is -0.294 e. The van der Waals surface area contributed by atoms with Crippen LogP contribution in [0.2, 0.25) is 0 Å². The number of nitrogens with zero attached hydrogens (tertiary/aromatic N) is 1. The van der Waals surface area contributed by atoms with Crippen molar-refractivity contribution in [2.75, 3.05) is 0 Å². The molecule has 0 fully saturated rings. The Morgan fingerprint density at radius 2 is 2.25 bits per heavy atom. The van der Waals surface area contributed by atoms with Crippen molar-refractivity contribution in [1.29, 1.82) is 10.8 Å². The molecule has 12 heavy (non-hydrogen) atoms. The molecule has 0 aliphatic carbocycles. The number of aldehydes is 1. The zero-order chi connectivity index (χ0) is 9.14. The average Bonchev–Trinajstić information content (AvgIpc) is 2.03. The smallest absolute Gasteiger partial charge is 0.185 e. The molecule has 0 aliphatic rings. The van der Waals surface area contributed by atoms with Gasteiger partial charge in [0.25, 0.3) is 0 Å². The van der Waals surface area contributed by atoms with Crippen molar-refractivity contribution in [3.8, 4) is 0 Å². The zero-order valence-corrected chi connectivity index (χ0v) is 7.63. The van der Waals surface area contributed by atoms with E-state index >= 15 is 0 Å². The van der Waals surface area contributed by atoms with Crippen LogP contribution in [-0.2, 0) is 4.79 Å². The largest absolute Gasteiger partial charge is 0.294 e. The standard InChI is InChI=1S/C7H6BrN3O/c8-5-2-1-3-6(9)11(5)7(10)4-12/h1-4,9-10H. The van der Waals surface area contributed by atoms with E-state index in [-0.39, 0.29) is 11.3 Å². The normalized spacial score (nSPS) is 9.42. The predicted octanol–water partition coefficient (Wildman–Crippen LogP) is 0.754. The number of carbonyl (C=O) groups is 1. The third kappa shape index (κ3) is 1.50. The van der Waals surface area contributed by atoms with E-state index in [1.807, 2.05) is 0 Å². The van der Waals surface area contributed by atoms with Gasteiger partial charge in [0.2, 0.25) is 0 Å². The third-order valence-corrected chi connectivity index (χ3v) is 1.91. The Bertz CT molecular complexity index is 382. The second kappa shape index (κ2) is 3.44. The van der Waals surface area contributed by atoms with Gasteiger partial charge in [-0.15, -0.1) is 0 Å². The first-order chi connectivity index (χ1) is 5.66. The van der Waals surface area contributed by atoms with Crippen molar-refractivity contribution >= 4 is 28.1 Å². The van der Waals surface area contributed by atoms with Gasteiger partial charge in [0.15, 0.2) is 12.1 Å². The Balaban J connectivity index is 3.41. The van der Waals surface area contributed by atoms with Crippen LogP contribution < -0.4 is 5.49 Å². The maximum Gasteiger partial charge on any atom is 0.185 e. The van der Waals surface area contributed by atoms with E-state index in [1.54, 1.807) is 12.1 Å². The van der Waals surface area contributed by atoms with Gasteiger partial charge in [-0.1, -0.05) is 6.07 Å². The lowest BCUT2D eigenvalue weighted by atomic mass is 10.4. The Hall–Kier alpha value is -1.23. The Labute approximate surface area is 77.0 Å². The number of hydrogen-bond acceptors (Lipinski definition) is 3. The zero-order valence-electron chi connectivity index (χ0n) is 6.04. The summed E-state index contributed by atoms with van der Waals surface area (Å²) < 4.78 is 1.71. The van der Waals surface area contributed by atoms with Crippen molar-refractivity contribution in [2.24, 2.45) is 0 Å². The van der Waals surface area contributed by atoms with E-state index in [2.05, 4.69) is 15.9 Å². The summed E-state index contributed by atoms with van der Waals surface area (Å²) in [6, 6.07) is 4.83. The molecule has 0 amide bonds. The first-order valence-electron chi connectivity index (χ1n) is 3.13. The van der Waals surface area contributed by atoms with Crippen molar-refractivity contribution in [3.05, 3.63) is 28.3 Å². The van der Waals surface area contributed by atoms with Crippen LogP contribution >= 0.6 is 15.9 Å². The Morgan fingerprint density at radius 1 is 1.58 bits per heavy atom. The molecule has 0 aromatic carbocycles. The molecule has 0 atom stereocenters. The van der Waals surface area contributed by atoms with E-state index in [0.29, 0.717) is 10.9 Å². The summed E-state index contributed by atoms with van der Waals surface area (Å²) in [4.78, 5) is 10.3. The van der Waals surface area contributed by atoms with Gasteiger partial charge < -0.3 is 0 Å². The fraction of sp³-hybridized carbons (Fsp3) is 0. The summed E-state index contributed by atoms with van der Waals surface area (Å²) in [5, 5.41) is 14.6. The number of hydrogen-bond donors (Lipinski definition) is 2. The summed E-state index contributed by atoms with van der Waals surface area (Å²) >= 11 is 3.13. The van der Waals surface area contributed by atoms with Crippen LogP contribution in [0.5, 0.6) is 0 Å². The minimum absolute atomic E-state index is 0.0986. The van der Waals surface area contributed by atoms with Crippen LogP contribution in [0.15, 0.2) is 22.8 Å². The summed E-state index contributed by atoms with van der Waals surface area (Å²) in [6.45, 7) is 0. The molecule has 1 aromatic rings. The van der Waals surface area contributed by atoms with Crippen molar-refractivity contribution in [2.45, 2.75) is 0 Å². The van der Waals surface area contributed by atoms with Gasteiger partial charge in [0.05, 0.1) is 4.60 Å². The minimum atomic E-state index is -0.257. The van der Waals surface area contributed by atoms with Crippen molar-refractivity contribution in [3.63, 3.8) is 0 Å². The van der Waals surface area contributed by atoms with Gasteiger partial charge in [-0.25, -0.2) is 0 Å². The number of rotatable bonds is 1. The summed E-state index contributed by atoms with van der Waals surface area (Å²) in [5.74, 6) is -0.257. The van der Waals surface area contributed by atoms with Crippen LogP contribution in [0.25, 0.3) is 0 Å². The van der Waals surface area contributed by atoms with Crippen LogP contribution in [-0.4, -0.2) is 16.7 Å². The fourth-order valence-corrected chi connectivity index (χ4v) is 1.32. The lowest BCUT2D eigenvalue weighted by molar-refractivity contribution is -0.103. The summed E-state index contributed by atoms with van der Waals surface area (Å²) in [5.41, 5.74) is 0.0986. The van der Waals surface area contributed by atoms with Gasteiger partial charge in [-0.3, -0.25) is 20.2 Å². The average molecular weight is 228 g/mol. The molecular weight excluding hydrogens is 222 g/mol. The first-order valence-corrected chi connectivity index (χ1v) is 3.92. The number of carbonyl (C=O) groups excluding carboxylic acids is 1. The number of aromatic nitrogens is 1. The van der Waals surface area contributed by atoms with Crippen LogP contribution in [0.4, 0.5) is 0 Å². The second-order valence-electron chi connectivity index (χ2n) is 2.07. The maximum atomic E-state index is 10.3. The number of nitrogens with one attached hydrogen (secondary N) is 2. The lowest BCUT2D eigenvalue weighted by Crippen LogP contribution is -2.27. The van der Waals surface area contributed by atoms with E-state index in [0.717, 1.165) is 0 Å². The first kappa shape index (κ1) is 8.86. The molecule has 4 nitrogen and oxygen atoms in total. The monoisotopic (exact) mass is 227 g/mol. The molecule has 0 aliphatic heterocycles. The van der Waals surface area contributed by atoms with Crippen LogP contribution in [0, 0.1) is 10.8 Å². The third-order valence-electron chi connectivity index (χ3n) is 1.29. The number of pyridine rings is 1. The molecule has 1 aromatic heterocycles. The van der Waals surface area contributed by atoms with Gasteiger partial charge in [0.1, 0.15) is 5.49 Å². The summed E-state index contributed by atoms with van der Waals surface area (Å²) in [6.07, 6.45) is 0.392. The highest BCUT2D eigenvalue weighted by atomic mass is 79.9. The molecule has 0 unspecified atom stereocenters. The molecule has 5 heteroatoms. The highest BCUT2D eigenvalue weighted by Gasteiger charge is 2.01. The lowest BCUT2D eigenvalue weighted by Gasteiger charge is -2.04. The quantitative estimate of drug-likeness (QED) is 0.316. The highest BCUT2D eigenvalue weighted by Crippen LogP contribution is 2.04. The molecule has 1 rings (SSSR count). The predicted molar refractivity (Wildman–Crippen MR) is 47.2 cm³/mol. The van der Waals surface area contributed by atoms with Crippen molar-refractivity contribution < 1.29 is 4.79 Å². The Morgan fingerprint density at radius 3 is 2.75 bits per heavy atom. The van der Waals surface area contributed by atoms with E-state index < -0.39 is 0 Å². The van der Waals surface area contributed by atoms with Gasteiger partial charge in [-0.05, 0) is 28.1 Å². The molecular formula is C7H6BrN3O. The van der Waals surface area contributed by atoms with Crippen LogP contribution in [0.3, 0.4) is 0 Å². The molecule has 0 radical (unpaired) electrons. The van der Waals surface area contributed by atoms with Gasteiger partial charge in [-0.2, -0.15) is 0 Å². The fourth-order valence-electron chi connectivity index (χ4n) is 0.780. The maximum absolute atomic E-state index is 10.3. The topological polar surface area (TPSA) is 69.7 Å². The molecule has 0 spiro atoms. The molecule has 62 valence electrons. The SMILES string of the molecule is N=C(C=O)n1c(Br)cccc1=N. The van der Waals surface area contributed by atoms with Gasteiger partial charge >= 0.3 is 0 Å². The van der Waals surface area contributed by atoms with Crippen molar-refractivity contribution in [1.82, 2.24) is 4.57 Å². The Kier molecular flexibility index (Phi) is 2.54. The van der Waals surface area contributed by atoms with E-state index in [4.69, 9.17) is 10.8 Å². The molecule has 0 bridgehead atoms.